The average Bonchev–Trinajstić information content (AvgIpc) is 2.81. The normalized spacial score (nSPS) is 9.94. The number of ether oxygens (including phenoxy) is 1. The summed E-state index contributed by atoms with van der Waals surface area (Å²) in [6.07, 6.45) is 0. The number of nitrogens with zero attached hydrogens (tertiary/aromatic N) is 2. The molecule has 0 radical (unpaired) electrons. The molecule has 0 saturated carbocycles. The van der Waals surface area contributed by atoms with Gasteiger partial charge in [-0.25, -0.2) is 0 Å². The summed E-state index contributed by atoms with van der Waals surface area (Å²) in [7, 11) is 0. The lowest BCUT2D eigenvalue weighted by Gasteiger charge is -2.05. The van der Waals surface area contributed by atoms with Crippen molar-refractivity contribution < 1.29 is 9.53 Å². The number of nitrogens with one attached hydrogen (secondary N) is 1. The van der Waals surface area contributed by atoms with Crippen LogP contribution in [0.5, 0.6) is 5.75 Å². The van der Waals surface area contributed by atoms with Crippen LogP contribution in [-0.2, 0) is 4.79 Å². The molecule has 1 N–H and O–H groups in total. The molecule has 5 nitrogen and oxygen atoms in total. The van der Waals surface area contributed by atoms with E-state index in [1.807, 2.05) is 0 Å². The number of hydrogen-bond acceptors (Lipinski definition) is 5. The Morgan fingerprint density at radius 1 is 1.41 bits per heavy atom. The maximum absolute atomic E-state index is 11.4. The van der Waals surface area contributed by atoms with Crippen LogP contribution in [0, 0.1) is 0 Å². The van der Waals surface area contributed by atoms with E-state index in [-0.39, 0.29) is 12.5 Å². The quantitative estimate of drug-likeness (QED) is 0.924. The van der Waals surface area contributed by atoms with Crippen LogP contribution in [0.25, 0.3) is 0 Å². The Labute approximate surface area is 106 Å². The van der Waals surface area contributed by atoms with Gasteiger partial charge in [-0.2, -0.15) is 0 Å². The second-order valence-corrected chi connectivity index (χ2v) is 4.30. The van der Waals surface area contributed by atoms with Crippen LogP contribution >= 0.6 is 22.9 Å². The van der Waals surface area contributed by atoms with E-state index < -0.39 is 0 Å². The van der Waals surface area contributed by atoms with Gasteiger partial charge in [-0.3, -0.25) is 10.1 Å². The minimum absolute atomic E-state index is 0.0821. The number of carbonyl (C=O) groups is 1. The Kier molecular flexibility index (Phi) is 3.89. The van der Waals surface area contributed by atoms with E-state index in [0.717, 1.165) is 0 Å². The van der Waals surface area contributed by atoms with Gasteiger partial charge in [0.15, 0.2) is 6.61 Å². The molecule has 1 amide bonds. The first-order valence-electron chi connectivity index (χ1n) is 4.68. The van der Waals surface area contributed by atoms with Crippen molar-refractivity contribution in [2.24, 2.45) is 0 Å². The van der Waals surface area contributed by atoms with Crippen molar-refractivity contribution in [3.05, 3.63) is 34.8 Å². The van der Waals surface area contributed by atoms with Crippen LogP contribution in [0.1, 0.15) is 0 Å². The van der Waals surface area contributed by atoms with Crippen molar-refractivity contribution in [3.63, 3.8) is 0 Å². The summed E-state index contributed by atoms with van der Waals surface area (Å²) in [5.74, 6) is 0.304. The molecule has 7 heteroatoms. The molecule has 0 aliphatic carbocycles. The van der Waals surface area contributed by atoms with Gasteiger partial charge < -0.3 is 4.74 Å². The highest BCUT2D eigenvalue weighted by atomic mass is 35.5. The highest BCUT2D eigenvalue weighted by molar-refractivity contribution is 7.13. The van der Waals surface area contributed by atoms with Gasteiger partial charge in [0, 0.05) is 5.02 Å². The molecular weight excluding hydrogens is 262 g/mol. The summed E-state index contributed by atoms with van der Waals surface area (Å²) in [6, 6.07) is 6.78. The topological polar surface area (TPSA) is 64.1 Å². The first kappa shape index (κ1) is 11.8. The molecule has 0 saturated heterocycles. The zero-order valence-corrected chi connectivity index (χ0v) is 10.2. The predicted octanol–water partition coefficient (Wildman–Crippen LogP) is 2.21. The van der Waals surface area contributed by atoms with E-state index in [1.165, 1.54) is 16.8 Å². The number of halogens is 1. The second-order valence-electron chi connectivity index (χ2n) is 3.03. The van der Waals surface area contributed by atoms with Crippen LogP contribution < -0.4 is 10.1 Å². The number of amides is 1. The van der Waals surface area contributed by atoms with Gasteiger partial charge in [-0.1, -0.05) is 22.9 Å². The van der Waals surface area contributed by atoms with Gasteiger partial charge in [0.2, 0.25) is 5.13 Å². The van der Waals surface area contributed by atoms with Gasteiger partial charge in [0.1, 0.15) is 11.3 Å². The summed E-state index contributed by atoms with van der Waals surface area (Å²) < 4.78 is 5.26. The van der Waals surface area contributed by atoms with E-state index in [2.05, 4.69) is 15.5 Å². The number of rotatable bonds is 4. The minimum atomic E-state index is -0.281. The van der Waals surface area contributed by atoms with Gasteiger partial charge in [-0.05, 0) is 24.3 Å². The molecule has 2 rings (SSSR count). The van der Waals surface area contributed by atoms with Crippen LogP contribution in [0.3, 0.4) is 0 Å². The number of carbonyl (C=O) groups excluding carboxylic acids is 1. The number of aromatic nitrogens is 2. The molecule has 1 heterocycles. The van der Waals surface area contributed by atoms with Crippen molar-refractivity contribution in [1.29, 1.82) is 0 Å². The molecule has 0 atom stereocenters. The molecule has 0 fully saturated rings. The predicted molar refractivity (Wildman–Crippen MR) is 65.5 cm³/mol. The number of anilines is 1. The van der Waals surface area contributed by atoms with Crippen LogP contribution in [-0.4, -0.2) is 22.7 Å². The molecule has 1 aromatic carbocycles. The highest BCUT2D eigenvalue weighted by Crippen LogP contribution is 2.15. The largest absolute Gasteiger partial charge is 0.484 e. The van der Waals surface area contributed by atoms with Gasteiger partial charge in [-0.15, -0.1) is 10.2 Å². The molecule has 2 aromatic rings. The fraction of sp³-hybridized carbons (Fsp3) is 0.100. The van der Waals surface area contributed by atoms with Crippen molar-refractivity contribution in [1.82, 2.24) is 10.2 Å². The van der Waals surface area contributed by atoms with E-state index in [0.29, 0.717) is 15.9 Å². The second kappa shape index (κ2) is 5.60. The summed E-state index contributed by atoms with van der Waals surface area (Å²) in [5.41, 5.74) is 1.54. The molecule has 0 bridgehead atoms. The standard InChI is InChI=1S/C10H8ClN3O2S/c11-7-1-3-8(4-2-7)16-5-9(15)13-10-14-12-6-17-10/h1-4,6H,5H2,(H,13,14,15). The Hall–Kier alpha value is -1.66. The molecule has 17 heavy (non-hydrogen) atoms. The fourth-order valence-electron chi connectivity index (χ4n) is 1.06. The molecule has 0 unspecified atom stereocenters. The lowest BCUT2D eigenvalue weighted by atomic mass is 10.3. The van der Waals surface area contributed by atoms with Crippen molar-refractivity contribution >= 4 is 34.0 Å². The first-order valence-corrected chi connectivity index (χ1v) is 5.94. The summed E-state index contributed by atoms with van der Waals surface area (Å²) in [6.45, 7) is -0.0821. The SMILES string of the molecule is O=C(COc1ccc(Cl)cc1)Nc1nncs1. The third-order valence-corrected chi connectivity index (χ3v) is 2.65. The van der Waals surface area contributed by atoms with Crippen molar-refractivity contribution in [2.75, 3.05) is 11.9 Å². The number of hydrogen-bond donors (Lipinski definition) is 1. The van der Waals surface area contributed by atoms with Crippen LogP contribution in [0.2, 0.25) is 5.02 Å². The fourth-order valence-corrected chi connectivity index (χ4v) is 1.65. The first-order chi connectivity index (χ1) is 8.24. The molecule has 0 spiro atoms. The lowest BCUT2D eigenvalue weighted by Crippen LogP contribution is -2.20. The van der Waals surface area contributed by atoms with Crippen LogP contribution in [0.15, 0.2) is 29.8 Å². The van der Waals surface area contributed by atoms with Crippen molar-refractivity contribution in [2.45, 2.75) is 0 Å². The molecular formula is C10H8ClN3O2S. The smallest absolute Gasteiger partial charge is 0.264 e. The minimum Gasteiger partial charge on any atom is -0.484 e. The molecule has 1 aromatic heterocycles. The zero-order valence-electron chi connectivity index (χ0n) is 8.59. The highest BCUT2D eigenvalue weighted by Gasteiger charge is 2.05. The molecule has 0 aliphatic heterocycles. The van der Waals surface area contributed by atoms with Gasteiger partial charge in [0.25, 0.3) is 5.91 Å². The number of benzene rings is 1. The van der Waals surface area contributed by atoms with Gasteiger partial charge >= 0.3 is 0 Å². The Bertz CT molecular complexity index is 487. The summed E-state index contributed by atoms with van der Waals surface area (Å²) in [5, 5.41) is 10.9. The molecule has 0 aliphatic rings. The van der Waals surface area contributed by atoms with E-state index in [9.17, 15) is 4.79 Å². The Morgan fingerprint density at radius 2 is 2.18 bits per heavy atom. The molecule has 88 valence electrons. The summed E-state index contributed by atoms with van der Waals surface area (Å²) >= 11 is 6.97. The Morgan fingerprint density at radius 3 is 2.82 bits per heavy atom. The maximum atomic E-state index is 11.4. The maximum Gasteiger partial charge on any atom is 0.264 e. The summed E-state index contributed by atoms with van der Waals surface area (Å²) in [4.78, 5) is 11.4. The van der Waals surface area contributed by atoms with E-state index >= 15 is 0 Å². The van der Waals surface area contributed by atoms with Crippen molar-refractivity contribution in [3.8, 4) is 5.75 Å². The van der Waals surface area contributed by atoms with E-state index in [4.69, 9.17) is 16.3 Å². The lowest BCUT2D eigenvalue weighted by molar-refractivity contribution is -0.118. The van der Waals surface area contributed by atoms with Crippen LogP contribution in [0.4, 0.5) is 5.13 Å². The third-order valence-electron chi connectivity index (χ3n) is 1.79. The van der Waals surface area contributed by atoms with Gasteiger partial charge in [0.05, 0.1) is 0 Å². The average molecular weight is 270 g/mol. The van der Waals surface area contributed by atoms with E-state index in [1.54, 1.807) is 24.3 Å². The zero-order chi connectivity index (χ0) is 12.1. The monoisotopic (exact) mass is 269 g/mol. The Balaban J connectivity index is 1.82. The third kappa shape index (κ3) is 3.69.